The van der Waals surface area contributed by atoms with Crippen LogP contribution in [0.15, 0.2) is 30.6 Å². The van der Waals surface area contributed by atoms with E-state index in [4.69, 9.17) is 5.73 Å². The first-order chi connectivity index (χ1) is 9.50. The number of nitrogens with zero attached hydrogens (tertiary/aromatic N) is 3. The van der Waals surface area contributed by atoms with Gasteiger partial charge in [-0.05, 0) is 17.5 Å². The van der Waals surface area contributed by atoms with Crippen molar-refractivity contribution in [2.45, 2.75) is 19.8 Å². The maximum Gasteiger partial charge on any atom is 0.353 e. The van der Waals surface area contributed by atoms with Gasteiger partial charge in [0.25, 0.3) is 0 Å². The van der Waals surface area contributed by atoms with Crippen molar-refractivity contribution in [1.29, 1.82) is 0 Å². The van der Waals surface area contributed by atoms with E-state index in [0.717, 1.165) is 11.3 Å². The number of anilines is 3. The van der Waals surface area contributed by atoms with Gasteiger partial charge in [-0.1, -0.05) is 32.0 Å². The van der Waals surface area contributed by atoms with Gasteiger partial charge in [-0.15, -0.1) is 0 Å². The Labute approximate surface area is 116 Å². The first-order valence-electron chi connectivity index (χ1n) is 6.11. The van der Waals surface area contributed by atoms with Crippen LogP contribution in [-0.4, -0.2) is 14.9 Å². The van der Waals surface area contributed by atoms with E-state index in [1.54, 1.807) is 0 Å². The molecule has 20 heavy (non-hydrogen) atoms. The van der Waals surface area contributed by atoms with Crippen LogP contribution in [0, 0.1) is 10.1 Å². The minimum atomic E-state index is -0.588. The second-order valence-electron chi connectivity index (χ2n) is 4.58. The van der Waals surface area contributed by atoms with E-state index in [0.29, 0.717) is 0 Å². The molecule has 0 unspecified atom stereocenters. The van der Waals surface area contributed by atoms with Crippen LogP contribution in [0.25, 0.3) is 0 Å². The molecular weight excluding hydrogens is 258 g/mol. The van der Waals surface area contributed by atoms with Crippen LogP contribution in [0.3, 0.4) is 0 Å². The number of nitrogen functional groups attached to an aromatic ring is 1. The van der Waals surface area contributed by atoms with Crippen molar-refractivity contribution >= 4 is 23.0 Å². The van der Waals surface area contributed by atoms with E-state index in [-0.39, 0.29) is 23.2 Å². The van der Waals surface area contributed by atoms with Gasteiger partial charge in [-0.3, -0.25) is 10.1 Å². The van der Waals surface area contributed by atoms with Gasteiger partial charge in [0.15, 0.2) is 0 Å². The highest BCUT2D eigenvalue weighted by atomic mass is 16.6. The summed E-state index contributed by atoms with van der Waals surface area (Å²) < 4.78 is 0. The second kappa shape index (κ2) is 5.52. The van der Waals surface area contributed by atoms with Crippen molar-refractivity contribution in [3.05, 3.63) is 46.3 Å². The molecule has 0 radical (unpaired) electrons. The lowest BCUT2D eigenvalue weighted by molar-refractivity contribution is -0.383. The lowest BCUT2D eigenvalue weighted by atomic mass is 10.0. The summed E-state index contributed by atoms with van der Waals surface area (Å²) in [4.78, 5) is 18.0. The summed E-state index contributed by atoms with van der Waals surface area (Å²) in [7, 11) is 0. The molecule has 0 bridgehead atoms. The molecule has 0 saturated heterocycles. The highest BCUT2D eigenvalue weighted by Gasteiger charge is 2.21. The Kier molecular flexibility index (Phi) is 3.79. The second-order valence-corrected chi connectivity index (χ2v) is 4.58. The largest absolute Gasteiger partial charge is 0.378 e. The first kappa shape index (κ1) is 13.7. The molecule has 1 aromatic heterocycles. The van der Waals surface area contributed by atoms with Crippen LogP contribution < -0.4 is 11.1 Å². The van der Waals surface area contributed by atoms with Crippen molar-refractivity contribution in [2.75, 3.05) is 11.1 Å². The molecule has 1 heterocycles. The number of hydrogen-bond donors (Lipinski definition) is 2. The number of benzene rings is 1. The minimum Gasteiger partial charge on any atom is -0.378 e. The third kappa shape index (κ3) is 2.66. The standard InChI is InChI=1S/C13H15N5O2/c1-8(2)9-5-3-4-6-10(9)17-13-11(18(19)20)12(14)15-7-16-13/h3-8H,1-2H3,(H3,14,15,16,17). The zero-order valence-corrected chi connectivity index (χ0v) is 11.2. The molecule has 1 aromatic carbocycles. The molecule has 0 aliphatic carbocycles. The molecule has 0 amide bonds. The Hall–Kier alpha value is -2.70. The highest BCUT2D eigenvalue weighted by molar-refractivity contribution is 5.73. The number of aromatic nitrogens is 2. The van der Waals surface area contributed by atoms with Gasteiger partial charge in [-0.25, -0.2) is 9.97 Å². The average molecular weight is 273 g/mol. The fourth-order valence-electron chi connectivity index (χ4n) is 1.91. The van der Waals surface area contributed by atoms with Crippen molar-refractivity contribution in [2.24, 2.45) is 0 Å². The summed E-state index contributed by atoms with van der Waals surface area (Å²) in [6.45, 7) is 4.09. The minimum absolute atomic E-state index is 0.0931. The topological polar surface area (TPSA) is 107 Å². The van der Waals surface area contributed by atoms with E-state index in [1.165, 1.54) is 6.33 Å². The highest BCUT2D eigenvalue weighted by Crippen LogP contribution is 2.32. The van der Waals surface area contributed by atoms with Crippen LogP contribution in [0.1, 0.15) is 25.3 Å². The van der Waals surface area contributed by atoms with E-state index in [2.05, 4.69) is 15.3 Å². The molecular formula is C13H15N5O2. The van der Waals surface area contributed by atoms with Crippen molar-refractivity contribution in [3.8, 4) is 0 Å². The van der Waals surface area contributed by atoms with E-state index < -0.39 is 4.92 Å². The predicted molar refractivity (Wildman–Crippen MR) is 76.9 cm³/mol. The van der Waals surface area contributed by atoms with Gasteiger partial charge in [0.2, 0.25) is 11.6 Å². The summed E-state index contributed by atoms with van der Waals surface area (Å²) in [5.74, 6) is 0.210. The average Bonchev–Trinajstić information content (AvgIpc) is 2.38. The molecule has 0 atom stereocenters. The molecule has 104 valence electrons. The number of para-hydroxylation sites is 1. The van der Waals surface area contributed by atoms with Gasteiger partial charge in [0.1, 0.15) is 6.33 Å². The maximum absolute atomic E-state index is 11.1. The number of nitrogens with two attached hydrogens (primary N) is 1. The predicted octanol–water partition coefficient (Wildman–Crippen LogP) is 2.83. The van der Waals surface area contributed by atoms with Crippen molar-refractivity contribution < 1.29 is 4.92 Å². The Morgan fingerprint density at radius 1 is 1.30 bits per heavy atom. The van der Waals surface area contributed by atoms with E-state index in [1.807, 2.05) is 38.1 Å². The van der Waals surface area contributed by atoms with E-state index >= 15 is 0 Å². The van der Waals surface area contributed by atoms with E-state index in [9.17, 15) is 10.1 Å². The van der Waals surface area contributed by atoms with Crippen LogP contribution in [0.5, 0.6) is 0 Å². The Morgan fingerprint density at radius 2 is 2.00 bits per heavy atom. The number of nitrogens with one attached hydrogen (secondary N) is 1. The SMILES string of the molecule is CC(C)c1ccccc1Nc1ncnc(N)c1[N+](=O)[O-]. The summed E-state index contributed by atoms with van der Waals surface area (Å²) in [6.07, 6.45) is 1.20. The number of rotatable bonds is 4. The summed E-state index contributed by atoms with van der Waals surface area (Å²) >= 11 is 0. The van der Waals surface area contributed by atoms with Gasteiger partial charge < -0.3 is 11.1 Å². The third-order valence-electron chi connectivity index (χ3n) is 2.87. The van der Waals surface area contributed by atoms with Crippen LogP contribution in [0.4, 0.5) is 23.0 Å². The fourth-order valence-corrected chi connectivity index (χ4v) is 1.91. The normalized spacial score (nSPS) is 10.6. The molecule has 2 aromatic rings. The van der Waals surface area contributed by atoms with Crippen molar-refractivity contribution in [1.82, 2.24) is 9.97 Å². The van der Waals surface area contributed by atoms with Crippen LogP contribution in [-0.2, 0) is 0 Å². The zero-order chi connectivity index (χ0) is 14.7. The summed E-state index contributed by atoms with van der Waals surface area (Å²) in [5, 5.41) is 14.0. The van der Waals surface area contributed by atoms with Gasteiger partial charge in [-0.2, -0.15) is 0 Å². The fraction of sp³-hybridized carbons (Fsp3) is 0.231. The number of nitro groups is 1. The monoisotopic (exact) mass is 273 g/mol. The summed E-state index contributed by atoms with van der Waals surface area (Å²) in [5.41, 5.74) is 7.04. The van der Waals surface area contributed by atoms with Gasteiger partial charge >= 0.3 is 5.69 Å². The lowest BCUT2D eigenvalue weighted by Crippen LogP contribution is -2.06. The molecule has 0 aliphatic rings. The van der Waals surface area contributed by atoms with Gasteiger partial charge in [0, 0.05) is 5.69 Å². The lowest BCUT2D eigenvalue weighted by Gasteiger charge is -2.14. The van der Waals surface area contributed by atoms with Crippen molar-refractivity contribution in [3.63, 3.8) is 0 Å². The summed E-state index contributed by atoms with van der Waals surface area (Å²) in [6, 6.07) is 7.58. The number of hydrogen-bond acceptors (Lipinski definition) is 6. The molecule has 0 spiro atoms. The molecule has 0 fully saturated rings. The Morgan fingerprint density at radius 3 is 2.65 bits per heavy atom. The van der Waals surface area contributed by atoms with Gasteiger partial charge in [0.05, 0.1) is 4.92 Å². The quantitative estimate of drug-likeness (QED) is 0.655. The molecule has 0 saturated carbocycles. The Balaban J connectivity index is 2.46. The molecule has 0 aliphatic heterocycles. The van der Waals surface area contributed by atoms with Crippen LogP contribution in [0.2, 0.25) is 0 Å². The molecule has 2 rings (SSSR count). The Bertz CT molecular complexity index is 642. The molecule has 7 heteroatoms. The first-order valence-corrected chi connectivity index (χ1v) is 6.11. The maximum atomic E-state index is 11.1. The third-order valence-corrected chi connectivity index (χ3v) is 2.87. The molecule has 3 N–H and O–H groups in total. The zero-order valence-electron chi connectivity index (χ0n) is 11.2. The smallest absolute Gasteiger partial charge is 0.353 e. The molecule has 7 nitrogen and oxygen atoms in total. The van der Waals surface area contributed by atoms with Crippen LogP contribution >= 0.6 is 0 Å².